The SMILES string of the molecule is C=CCOc1ccc(/C=C\C(=O)N(C)Cc2ccccc2)cc1N. The molecule has 0 saturated heterocycles. The van der Waals surface area contributed by atoms with Gasteiger partial charge in [-0.3, -0.25) is 4.79 Å². The van der Waals surface area contributed by atoms with Crippen LogP contribution in [0.15, 0.2) is 67.3 Å². The van der Waals surface area contributed by atoms with Crippen LogP contribution in [0.25, 0.3) is 6.08 Å². The molecule has 0 radical (unpaired) electrons. The Morgan fingerprint density at radius 1 is 1.25 bits per heavy atom. The molecule has 4 nitrogen and oxygen atoms in total. The zero-order valence-electron chi connectivity index (χ0n) is 13.8. The molecule has 2 aromatic rings. The minimum atomic E-state index is -0.0654. The lowest BCUT2D eigenvalue weighted by molar-refractivity contribution is -0.125. The molecule has 2 aromatic carbocycles. The summed E-state index contributed by atoms with van der Waals surface area (Å²) in [6.07, 6.45) is 4.95. The van der Waals surface area contributed by atoms with Gasteiger partial charge in [0.2, 0.25) is 5.91 Å². The summed E-state index contributed by atoms with van der Waals surface area (Å²) in [6.45, 7) is 4.57. The number of hydrogen-bond donors (Lipinski definition) is 1. The maximum Gasteiger partial charge on any atom is 0.246 e. The van der Waals surface area contributed by atoms with E-state index in [0.717, 1.165) is 11.1 Å². The Hall–Kier alpha value is -3.01. The largest absolute Gasteiger partial charge is 0.487 e. The fourth-order valence-corrected chi connectivity index (χ4v) is 2.18. The summed E-state index contributed by atoms with van der Waals surface area (Å²) in [7, 11) is 1.78. The monoisotopic (exact) mass is 322 g/mol. The number of rotatable bonds is 7. The van der Waals surface area contributed by atoms with E-state index in [1.807, 2.05) is 36.4 Å². The number of nitrogen functional groups attached to an aromatic ring is 1. The molecule has 124 valence electrons. The lowest BCUT2D eigenvalue weighted by Crippen LogP contribution is -2.24. The van der Waals surface area contributed by atoms with Crippen molar-refractivity contribution in [3.63, 3.8) is 0 Å². The van der Waals surface area contributed by atoms with Gasteiger partial charge in [-0.1, -0.05) is 49.1 Å². The predicted molar refractivity (Wildman–Crippen MR) is 98.5 cm³/mol. The second kappa shape index (κ2) is 8.58. The lowest BCUT2D eigenvalue weighted by Gasteiger charge is -2.15. The minimum absolute atomic E-state index is 0.0654. The number of nitrogens with two attached hydrogens (primary N) is 1. The van der Waals surface area contributed by atoms with Crippen LogP contribution in [0.4, 0.5) is 5.69 Å². The van der Waals surface area contributed by atoms with E-state index in [0.29, 0.717) is 24.6 Å². The number of carbonyl (C=O) groups is 1. The van der Waals surface area contributed by atoms with Crippen LogP contribution in [0.1, 0.15) is 11.1 Å². The Morgan fingerprint density at radius 2 is 2.00 bits per heavy atom. The average Bonchev–Trinajstić information content (AvgIpc) is 2.59. The van der Waals surface area contributed by atoms with Gasteiger partial charge in [0.15, 0.2) is 0 Å². The smallest absolute Gasteiger partial charge is 0.246 e. The fourth-order valence-electron chi connectivity index (χ4n) is 2.18. The fraction of sp³-hybridized carbons (Fsp3) is 0.150. The van der Waals surface area contributed by atoms with Crippen LogP contribution in [0.3, 0.4) is 0 Å². The molecule has 1 amide bonds. The van der Waals surface area contributed by atoms with Gasteiger partial charge in [-0.25, -0.2) is 0 Å². The van der Waals surface area contributed by atoms with Crippen LogP contribution in [0.5, 0.6) is 5.75 Å². The minimum Gasteiger partial charge on any atom is -0.487 e. The molecule has 0 aliphatic rings. The van der Waals surface area contributed by atoms with Gasteiger partial charge < -0.3 is 15.4 Å². The molecule has 2 N–H and O–H groups in total. The summed E-state index contributed by atoms with van der Waals surface area (Å²) in [5, 5.41) is 0. The van der Waals surface area contributed by atoms with Gasteiger partial charge in [0.1, 0.15) is 12.4 Å². The van der Waals surface area contributed by atoms with E-state index in [1.165, 1.54) is 0 Å². The zero-order chi connectivity index (χ0) is 17.4. The normalized spacial score (nSPS) is 10.5. The van der Waals surface area contributed by atoms with E-state index in [1.54, 1.807) is 42.3 Å². The van der Waals surface area contributed by atoms with Crippen molar-refractivity contribution in [1.82, 2.24) is 4.90 Å². The Labute approximate surface area is 142 Å². The molecular formula is C20H22N2O2. The number of ether oxygens (including phenoxy) is 1. The second-order valence-electron chi connectivity index (χ2n) is 5.41. The van der Waals surface area contributed by atoms with Crippen molar-refractivity contribution in [2.24, 2.45) is 0 Å². The summed E-state index contributed by atoms with van der Waals surface area (Å²) < 4.78 is 5.43. The number of benzene rings is 2. The molecule has 0 aliphatic carbocycles. The van der Waals surface area contributed by atoms with Gasteiger partial charge in [0.05, 0.1) is 5.69 Å². The molecule has 0 fully saturated rings. The highest BCUT2D eigenvalue weighted by molar-refractivity contribution is 5.91. The summed E-state index contributed by atoms with van der Waals surface area (Å²) in [6, 6.07) is 15.3. The Morgan fingerprint density at radius 3 is 2.67 bits per heavy atom. The van der Waals surface area contributed by atoms with Crippen LogP contribution >= 0.6 is 0 Å². The average molecular weight is 322 g/mol. The number of likely N-dealkylation sites (N-methyl/N-ethyl adjacent to an activating group) is 1. The molecule has 0 bridgehead atoms. The van der Waals surface area contributed by atoms with E-state index in [-0.39, 0.29) is 5.91 Å². The first-order valence-corrected chi connectivity index (χ1v) is 7.70. The highest BCUT2D eigenvalue weighted by atomic mass is 16.5. The summed E-state index contributed by atoms with van der Waals surface area (Å²) >= 11 is 0. The van der Waals surface area contributed by atoms with Crippen LogP contribution in [-0.2, 0) is 11.3 Å². The topological polar surface area (TPSA) is 55.6 Å². The zero-order valence-corrected chi connectivity index (χ0v) is 13.8. The van der Waals surface area contributed by atoms with Gasteiger partial charge >= 0.3 is 0 Å². The Kier molecular flexibility index (Phi) is 6.20. The molecular weight excluding hydrogens is 300 g/mol. The van der Waals surface area contributed by atoms with Crippen molar-refractivity contribution in [3.8, 4) is 5.75 Å². The summed E-state index contributed by atoms with van der Waals surface area (Å²) in [5.74, 6) is 0.545. The van der Waals surface area contributed by atoms with Crippen molar-refractivity contribution in [3.05, 3.63) is 78.4 Å². The van der Waals surface area contributed by atoms with Gasteiger partial charge in [-0.05, 0) is 29.3 Å². The number of anilines is 1. The third-order valence-corrected chi connectivity index (χ3v) is 3.45. The van der Waals surface area contributed by atoms with Crippen LogP contribution in [0, 0.1) is 0 Å². The van der Waals surface area contributed by atoms with Gasteiger partial charge in [0.25, 0.3) is 0 Å². The molecule has 0 saturated carbocycles. The molecule has 0 atom stereocenters. The third kappa shape index (κ3) is 5.02. The van der Waals surface area contributed by atoms with E-state index in [2.05, 4.69) is 6.58 Å². The quantitative estimate of drug-likeness (QED) is 0.482. The first-order chi connectivity index (χ1) is 11.6. The van der Waals surface area contributed by atoms with Crippen molar-refractivity contribution >= 4 is 17.7 Å². The molecule has 0 heterocycles. The number of amides is 1. The van der Waals surface area contributed by atoms with Gasteiger partial charge in [0, 0.05) is 19.7 Å². The van der Waals surface area contributed by atoms with Crippen molar-refractivity contribution in [1.29, 1.82) is 0 Å². The van der Waals surface area contributed by atoms with E-state index in [9.17, 15) is 4.79 Å². The Bertz CT molecular complexity index is 724. The molecule has 0 unspecified atom stereocenters. The van der Waals surface area contributed by atoms with Crippen LogP contribution in [-0.4, -0.2) is 24.5 Å². The first kappa shape index (κ1) is 17.3. The molecule has 0 aromatic heterocycles. The van der Waals surface area contributed by atoms with Crippen molar-refractivity contribution in [2.75, 3.05) is 19.4 Å². The first-order valence-electron chi connectivity index (χ1n) is 7.70. The highest BCUT2D eigenvalue weighted by Crippen LogP contribution is 2.23. The maximum absolute atomic E-state index is 12.2. The number of carbonyl (C=O) groups excluding carboxylic acids is 1. The summed E-state index contributed by atoms with van der Waals surface area (Å²) in [5.41, 5.74) is 8.41. The lowest BCUT2D eigenvalue weighted by atomic mass is 10.1. The molecule has 0 spiro atoms. The third-order valence-electron chi connectivity index (χ3n) is 3.45. The second-order valence-corrected chi connectivity index (χ2v) is 5.41. The molecule has 0 aliphatic heterocycles. The molecule has 24 heavy (non-hydrogen) atoms. The number of nitrogens with zero attached hydrogens (tertiary/aromatic N) is 1. The standard InChI is InChI=1S/C20H22N2O2/c1-3-13-24-19-11-9-16(14-18(19)21)10-12-20(23)22(2)15-17-7-5-4-6-8-17/h3-12,14H,1,13,15,21H2,2H3/b12-10-. The Balaban J connectivity index is 1.97. The maximum atomic E-state index is 12.2. The van der Waals surface area contributed by atoms with Crippen molar-refractivity contribution < 1.29 is 9.53 Å². The van der Waals surface area contributed by atoms with E-state index >= 15 is 0 Å². The highest BCUT2D eigenvalue weighted by Gasteiger charge is 2.06. The predicted octanol–water partition coefficient (Wildman–Crippen LogP) is 3.51. The van der Waals surface area contributed by atoms with Gasteiger partial charge in [-0.2, -0.15) is 0 Å². The van der Waals surface area contributed by atoms with Crippen LogP contribution in [0.2, 0.25) is 0 Å². The van der Waals surface area contributed by atoms with Crippen molar-refractivity contribution in [2.45, 2.75) is 6.54 Å². The van der Waals surface area contributed by atoms with Crippen LogP contribution < -0.4 is 10.5 Å². The summed E-state index contributed by atoms with van der Waals surface area (Å²) in [4.78, 5) is 13.8. The molecule has 4 heteroatoms. The number of hydrogen-bond acceptors (Lipinski definition) is 3. The van der Waals surface area contributed by atoms with Gasteiger partial charge in [-0.15, -0.1) is 0 Å². The van der Waals surface area contributed by atoms with E-state index in [4.69, 9.17) is 10.5 Å². The van der Waals surface area contributed by atoms with E-state index < -0.39 is 0 Å². The molecule has 2 rings (SSSR count).